The fourth-order valence-corrected chi connectivity index (χ4v) is 5.37. The van der Waals surface area contributed by atoms with E-state index >= 15 is 0 Å². The van der Waals surface area contributed by atoms with E-state index in [2.05, 4.69) is 10.6 Å². The standard InChI is InChI=1S/C30H31N5O5/c1-19-9-5-6-14-23(19)27-29(31-21-11-3-2-4-12-21)34-16-8-15-24(28(34)33-27)30(38)32-25(18-26(36)37)20-10-7-13-22(17-20)35(39)40/h5-10,13-17,21,25,31H,2-4,11-12,18H2,1H3,(H,32,38)(H,36,37). The van der Waals surface area contributed by atoms with Crippen LogP contribution in [0.25, 0.3) is 16.9 Å². The Hall–Kier alpha value is -4.73. The first kappa shape index (κ1) is 26.9. The lowest BCUT2D eigenvalue weighted by atomic mass is 9.95. The molecule has 1 atom stereocenters. The monoisotopic (exact) mass is 541 g/mol. The maximum atomic E-state index is 13.6. The van der Waals surface area contributed by atoms with Crippen LogP contribution in [0.3, 0.4) is 0 Å². The summed E-state index contributed by atoms with van der Waals surface area (Å²) in [5.74, 6) is -0.850. The van der Waals surface area contributed by atoms with Crippen molar-refractivity contribution in [3.8, 4) is 11.3 Å². The second kappa shape index (κ2) is 11.6. The molecule has 1 aliphatic rings. The van der Waals surface area contributed by atoms with Crippen molar-refractivity contribution in [1.82, 2.24) is 14.7 Å². The average Bonchev–Trinajstić information content (AvgIpc) is 3.31. The Bertz CT molecular complexity index is 1570. The van der Waals surface area contributed by atoms with Crippen LogP contribution in [0.1, 0.15) is 66.1 Å². The molecule has 0 aliphatic heterocycles. The molecule has 0 radical (unpaired) electrons. The van der Waals surface area contributed by atoms with Gasteiger partial charge >= 0.3 is 5.97 Å². The fourth-order valence-electron chi connectivity index (χ4n) is 5.37. The van der Waals surface area contributed by atoms with Crippen LogP contribution < -0.4 is 10.6 Å². The Labute approximate surface area is 231 Å². The van der Waals surface area contributed by atoms with Gasteiger partial charge in [0.15, 0.2) is 5.65 Å². The average molecular weight is 542 g/mol. The molecule has 1 saturated carbocycles. The van der Waals surface area contributed by atoms with Gasteiger partial charge in [0.25, 0.3) is 11.6 Å². The normalized spacial score (nSPS) is 14.5. The molecule has 4 aromatic rings. The van der Waals surface area contributed by atoms with Crippen molar-refractivity contribution in [3.63, 3.8) is 0 Å². The van der Waals surface area contributed by atoms with Crippen LogP contribution in [0.4, 0.5) is 11.5 Å². The Kier molecular flexibility index (Phi) is 7.77. The van der Waals surface area contributed by atoms with E-state index in [9.17, 15) is 24.8 Å². The minimum Gasteiger partial charge on any atom is -0.481 e. The van der Waals surface area contributed by atoms with E-state index in [0.717, 1.165) is 48.3 Å². The lowest BCUT2D eigenvalue weighted by molar-refractivity contribution is -0.384. The number of rotatable bonds is 9. The van der Waals surface area contributed by atoms with Gasteiger partial charge in [-0.1, -0.05) is 55.7 Å². The molecule has 206 valence electrons. The summed E-state index contributed by atoms with van der Waals surface area (Å²) in [4.78, 5) is 41.0. The molecule has 40 heavy (non-hydrogen) atoms. The molecule has 10 heteroatoms. The Morgan fingerprint density at radius 1 is 1.10 bits per heavy atom. The minimum absolute atomic E-state index is 0.182. The quantitative estimate of drug-likeness (QED) is 0.177. The Morgan fingerprint density at radius 3 is 2.60 bits per heavy atom. The molecule has 0 saturated heterocycles. The molecule has 2 aromatic carbocycles. The van der Waals surface area contributed by atoms with Crippen molar-refractivity contribution in [2.75, 3.05) is 5.32 Å². The number of nitro benzene ring substituents is 1. The molecular formula is C30H31N5O5. The van der Waals surface area contributed by atoms with Crippen LogP contribution in [-0.2, 0) is 4.79 Å². The van der Waals surface area contributed by atoms with E-state index in [1.54, 1.807) is 18.2 Å². The second-order valence-corrected chi connectivity index (χ2v) is 10.2. The summed E-state index contributed by atoms with van der Waals surface area (Å²) < 4.78 is 1.88. The summed E-state index contributed by atoms with van der Waals surface area (Å²) in [7, 11) is 0. The number of anilines is 1. The van der Waals surface area contributed by atoms with E-state index in [-0.39, 0.29) is 11.3 Å². The highest BCUT2D eigenvalue weighted by Crippen LogP contribution is 2.34. The molecule has 5 rings (SSSR count). The number of aryl methyl sites for hydroxylation is 1. The first-order chi connectivity index (χ1) is 19.3. The molecule has 1 unspecified atom stereocenters. The number of carbonyl (C=O) groups excluding carboxylic acids is 1. The molecule has 0 bridgehead atoms. The van der Waals surface area contributed by atoms with Crippen LogP contribution in [0.2, 0.25) is 0 Å². The number of carboxylic acid groups (broad SMARTS) is 1. The number of nitrogens with zero attached hydrogens (tertiary/aromatic N) is 3. The SMILES string of the molecule is Cc1ccccc1-c1nc2c(C(=O)NC(CC(=O)O)c3cccc([N+](=O)[O-])c3)cccn2c1NC1CCCCC1. The first-order valence-corrected chi connectivity index (χ1v) is 13.4. The number of benzene rings is 2. The van der Waals surface area contributed by atoms with Gasteiger partial charge in [-0.2, -0.15) is 0 Å². The molecule has 0 spiro atoms. The predicted octanol–water partition coefficient (Wildman–Crippen LogP) is 5.91. The minimum atomic E-state index is -1.14. The molecule has 10 nitrogen and oxygen atoms in total. The highest BCUT2D eigenvalue weighted by atomic mass is 16.6. The van der Waals surface area contributed by atoms with Gasteiger partial charge in [0.05, 0.1) is 22.9 Å². The van der Waals surface area contributed by atoms with E-state index in [4.69, 9.17) is 4.98 Å². The zero-order valence-corrected chi connectivity index (χ0v) is 22.2. The van der Waals surface area contributed by atoms with Crippen molar-refractivity contribution in [1.29, 1.82) is 0 Å². The second-order valence-electron chi connectivity index (χ2n) is 10.2. The summed E-state index contributed by atoms with van der Waals surface area (Å²) in [5.41, 5.74) is 3.61. The highest BCUT2D eigenvalue weighted by Gasteiger charge is 2.26. The molecule has 1 fully saturated rings. The number of amides is 1. The summed E-state index contributed by atoms with van der Waals surface area (Å²) in [6.07, 6.45) is 7.08. The maximum Gasteiger partial charge on any atom is 0.305 e. The van der Waals surface area contributed by atoms with Crippen molar-refractivity contribution in [3.05, 3.63) is 93.7 Å². The van der Waals surface area contributed by atoms with Crippen molar-refractivity contribution < 1.29 is 19.6 Å². The van der Waals surface area contributed by atoms with E-state index < -0.39 is 29.3 Å². The third kappa shape index (κ3) is 5.66. The van der Waals surface area contributed by atoms with E-state index in [0.29, 0.717) is 17.3 Å². The number of aromatic nitrogens is 2. The Balaban J connectivity index is 1.56. The van der Waals surface area contributed by atoms with Gasteiger partial charge in [-0.3, -0.25) is 24.1 Å². The van der Waals surface area contributed by atoms with Gasteiger partial charge in [-0.05, 0) is 43.0 Å². The number of carboxylic acids is 1. The van der Waals surface area contributed by atoms with Gasteiger partial charge in [0.2, 0.25) is 0 Å². The van der Waals surface area contributed by atoms with Gasteiger partial charge in [0, 0.05) is 29.9 Å². The van der Waals surface area contributed by atoms with Crippen molar-refractivity contribution in [2.24, 2.45) is 0 Å². The zero-order valence-electron chi connectivity index (χ0n) is 22.2. The lowest BCUT2D eigenvalue weighted by Gasteiger charge is -2.24. The zero-order chi connectivity index (χ0) is 28.2. The van der Waals surface area contributed by atoms with Gasteiger partial charge < -0.3 is 15.7 Å². The van der Waals surface area contributed by atoms with Gasteiger partial charge in [-0.25, -0.2) is 4.98 Å². The van der Waals surface area contributed by atoms with Gasteiger partial charge in [-0.15, -0.1) is 0 Å². The number of hydrogen-bond donors (Lipinski definition) is 3. The largest absolute Gasteiger partial charge is 0.481 e. The summed E-state index contributed by atoms with van der Waals surface area (Å²) in [5, 5.41) is 27.3. The summed E-state index contributed by atoms with van der Waals surface area (Å²) in [6, 6.07) is 16.3. The molecule has 3 N–H and O–H groups in total. The number of aliphatic carboxylic acids is 1. The van der Waals surface area contributed by atoms with E-state index in [1.165, 1.54) is 24.6 Å². The van der Waals surface area contributed by atoms with Crippen LogP contribution in [0.5, 0.6) is 0 Å². The number of hydrogen-bond acceptors (Lipinski definition) is 6. The maximum absolute atomic E-state index is 13.6. The third-order valence-electron chi connectivity index (χ3n) is 7.41. The summed E-state index contributed by atoms with van der Waals surface area (Å²) >= 11 is 0. The molecule has 1 aliphatic carbocycles. The topological polar surface area (TPSA) is 139 Å². The molecular weight excluding hydrogens is 510 g/mol. The van der Waals surface area contributed by atoms with Crippen LogP contribution >= 0.6 is 0 Å². The number of non-ortho nitro benzene ring substituents is 1. The number of pyridine rings is 1. The smallest absolute Gasteiger partial charge is 0.305 e. The summed E-state index contributed by atoms with van der Waals surface area (Å²) in [6.45, 7) is 2.02. The lowest BCUT2D eigenvalue weighted by Crippen LogP contribution is -2.30. The molecule has 2 aromatic heterocycles. The van der Waals surface area contributed by atoms with Gasteiger partial charge in [0.1, 0.15) is 11.5 Å². The number of imidazole rings is 1. The Morgan fingerprint density at radius 2 is 1.88 bits per heavy atom. The van der Waals surface area contributed by atoms with E-state index in [1.807, 2.05) is 41.8 Å². The van der Waals surface area contributed by atoms with Crippen molar-refractivity contribution in [2.45, 2.75) is 57.5 Å². The highest BCUT2D eigenvalue weighted by molar-refractivity contribution is 6.01. The number of nitrogens with one attached hydrogen (secondary N) is 2. The molecule has 2 heterocycles. The first-order valence-electron chi connectivity index (χ1n) is 13.4. The van der Waals surface area contributed by atoms with Crippen LogP contribution in [-0.4, -0.2) is 37.3 Å². The predicted molar refractivity (Wildman–Crippen MR) is 151 cm³/mol. The third-order valence-corrected chi connectivity index (χ3v) is 7.41. The number of carbonyl (C=O) groups is 2. The molecule has 1 amide bonds. The fraction of sp³-hybridized carbons (Fsp3) is 0.300. The number of nitro groups is 1. The number of fused-ring (bicyclic) bond motifs is 1. The van der Waals surface area contributed by atoms with Crippen molar-refractivity contribution >= 4 is 29.0 Å². The van der Waals surface area contributed by atoms with Crippen LogP contribution in [0.15, 0.2) is 66.9 Å². The van der Waals surface area contributed by atoms with Crippen LogP contribution in [0, 0.1) is 17.0 Å².